The summed E-state index contributed by atoms with van der Waals surface area (Å²) in [6, 6.07) is 14.1. The first-order valence-electron chi connectivity index (χ1n) is 11.8. The standard InChI is InChI=1S/C26H34N2O5S/c1-4-6-14-26(5-2)17-34(32,33)21-13-12-19(28-23(30)16-22(29)27-3)15-20(21)24(25(26)31)18-10-8-7-9-11-18/h7-13,15,24-25,31H,4-6,14,16-17H2,1-3H3,(H,27,29)(H,28,30)/t24-,25-,26-/m0/s1. The van der Waals surface area contributed by atoms with Crippen molar-refractivity contribution in [2.75, 3.05) is 18.1 Å². The summed E-state index contributed by atoms with van der Waals surface area (Å²) in [4.78, 5) is 24.0. The number of benzene rings is 2. The molecule has 7 nitrogen and oxygen atoms in total. The van der Waals surface area contributed by atoms with Gasteiger partial charge in [0.25, 0.3) is 0 Å². The van der Waals surface area contributed by atoms with E-state index in [1.165, 1.54) is 19.2 Å². The third-order valence-corrected chi connectivity index (χ3v) is 8.87. The Morgan fingerprint density at radius 2 is 1.79 bits per heavy atom. The van der Waals surface area contributed by atoms with Crippen molar-refractivity contribution >= 4 is 27.3 Å². The Balaban J connectivity index is 2.16. The van der Waals surface area contributed by atoms with E-state index in [4.69, 9.17) is 0 Å². The van der Waals surface area contributed by atoms with Crippen LogP contribution in [0.4, 0.5) is 5.69 Å². The van der Waals surface area contributed by atoms with Gasteiger partial charge in [0.05, 0.1) is 16.8 Å². The quantitative estimate of drug-likeness (QED) is 0.493. The molecule has 0 aliphatic carbocycles. The van der Waals surface area contributed by atoms with Crippen LogP contribution in [0.3, 0.4) is 0 Å². The van der Waals surface area contributed by atoms with Gasteiger partial charge in [0, 0.05) is 24.1 Å². The number of rotatable bonds is 8. The van der Waals surface area contributed by atoms with Crippen molar-refractivity contribution in [1.29, 1.82) is 0 Å². The van der Waals surface area contributed by atoms with Gasteiger partial charge in [-0.3, -0.25) is 9.59 Å². The van der Waals surface area contributed by atoms with Crippen LogP contribution in [-0.4, -0.2) is 44.2 Å². The van der Waals surface area contributed by atoms with Crippen LogP contribution in [0.25, 0.3) is 0 Å². The minimum Gasteiger partial charge on any atom is -0.392 e. The van der Waals surface area contributed by atoms with Gasteiger partial charge in [0.1, 0.15) is 6.42 Å². The Hall–Kier alpha value is -2.71. The van der Waals surface area contributed by atoms with E-state index < -0.39 is 39.1 Å². The van der Waals surface area contributed by atoms with E-state index in [9.17, 15) is 23.1 Å². The van der Waals surface area contributed by atoms with E-state index in [0.29, 0.717) is 24.1 Å². The van der Waals surface area contributed by atoms with Crippen LogP contribution in [0.2, 0.25) is 0 Å². The molecule has 1 aliphatic heterocycles. The molecule has 0 aromatic heterocycles. The number of sulfone groups is 1. The average Bonchev–Trinajstić information content (AvgIpc) is 2.88. The second-order valence-electron chi connectivity index (χ2n) is 9.06. The fraction of sp³-hybridized carbons (Fsp3) is 0.462. The van der Waals surface area contributed by atoms with E-state index in [0.717, 1.165) is 18.4 Å². The lowest BCUT2D eigenvalue weighted by Crippen LogP contribution is -2.42. The zero-order chi connectivity index (χ0) is 24.9. The van der Waals surface area contributed by atoms with E-state index in [1.807, 2.05) is 37.3 Å². The lowest BCUT2D eigenvalue weighted by atomic mass is 9.69. The highest BCUT2D eigenvalue weighted by molar-refractivity contribution is 7.91. The molecule has 0 saturated heterocycles. The first kappa shape index (κ1) is 25.9. The Morgan fingerprint density at radius 1 is 1.09 bits per heavy atom. The molecule has 0 bridgehead atoms. The van der Waals surface area contributed by atoms with Crippen molar-refractivity contribution < 1.29 is 23.1 Å². The van der Waals surface area contributed by atoms with Gasteiger partial charge >= 0.3 is 0 Å². The zero-order valence-electron chi connectivity index (χ0n) is 20.0. The number of carbonyl (C=O) groups is 2. The number of hydrogen-bond acceptors (Lipinski definition) is 5. The maximum atomic E-state index is 13.6. The summed E-state index contributed by atoms with van der Waals surface area (Å²) in [5.41, 5.74) is 0.866. The monoisotopic (exact) mass is 486 g/mol. The highest BCUT2D eigenvalue weighted by Gasteiger charge is 2.48. The number of anilines is 1. The number of unbranched alkanes of at least 4 members (excludes halogenated alkanes) is 1. The molecule has 0 saturated carbocycles. The van der Waals surface area contributed by atoms with Gasteiger partial charge in [-0.1, -0.05) is 57.0 Å². The molecule has 0 radical (unpaired) electrons. The number of nitrogens with one attached hydrogen (secondary N) is 2. The summed E-state index contributed by atoms with van der Waals surface area (Å²) in [7, 11) is -2.26. The van der Waals surface area contributed by atoms with Crippen molar-refractivity contribution in [2.45, 2.75) is 62.9 Å². The molecule has 184 valence electrons. The molecule has 0 spiro atoms. The summed E-state index contributed by atoms with van der Waals surface area (Å²) in [6.07, 6.45) is 1.58. The summed E-state index contributed by atoms with van der Waals surface area (Å²) < 4.78 is 27.2. The van der Waals surface area contributed by atoms with Crippen LogP contribution < -0.4 is 10.6 Å². The Labute approximate surface area is 201 Å². The molecular weight excluding hydrogens is 452 g/mol. The van der Waals surface area contributed by atoms with Crippen LogP contribution in [0.15, 0.2) is 53.4 Å². The van der Waals surface area contributed by atoms with Gasteiger partial charge in [-0.15, -0.1) is 0 Å². The topological polar surface area (TPSA) is 113 Å². The molecule has 1 aliphatic rings. The summed E-state index contributed by atoms with van der Waals surface area (Å²) in [6.45, 7) is 4.00. The van der Waals surface area contributed by atoms with Crippen LogP contribution in [0.5, 0.6) is 0 Å². The molecule has 1 heterocycles. The summed E-state index contributed by atoms with van der Waals surface area (Å²) in [5.74, 6) is -1.63. The third-order valence-electron chi connectivity index (χ3n) is 6.88. The Morgan fingerprint density at radius 3 is 2.41 bits per heavy atom. The number of carbonyl (C=O) groups excluding carboxylic acids is 2. The minimum absolute atomic E-state index is 0.129. The molecule has 0 fully saturated rings. The molecule has 3 atom stereocenters. The van der Waals surface area contributed by atoms with Crippen molar-refractivity contribution in [3.05, 3.63) is 59.7 Å². The minimum atomic E-state index is -3.71. The molecule has 3 rings (SSSR count). The number of fused-ring (bicyclic) bond motifs is 1. The number of amides is 2. The average molecular weight is 487 g/mol. The van der Waals surface area contributed by atoms with Crippen molar-refractivity contribution in [3.8, 4) is 0 Å². The molecule has 2 aromatic rings. The predicted molar refractivity (Wildman–Crippen MR) is 132 cm³/mol. The Bertz CT molecular complexity index is 1130. The van der Waals surface area contributed by atoms with Gasteiger partial charge in [0.15, 0.2) is 9.84 Å². The maximum absolute atomic E-state index is 13.6. The number of aliphatic hydroxyl groups is 1. The fourth-order valence-electron chi connectivity index (χ4n) is 4.92. The fourth-order valence-corrected chi connectivity index (χ4v) is 7.17. The van der Waals surface area contributed by atoms with Gasteiger partial charge < -0.3 is 15.7 Å². The van der Waals surface area contributed by atoms with E-state index >= 15 is 0 Å². The van der Waals surface area contributed by atoms with E-state index in [1.54, 1.807) is 6.07 Å². The second kappa shape index (κ2) is 10.7. The van der Waals surface area contributed by atoms with Gasteiger partial charge in [-0.2, -0.15) is 0 Å². The number of aliphatic hydroxyl groups excluding tert-OH is 1. The van der Waals surface area contributed by atoms with Crippen LogP contribution >= 0.6 is 0 Å². The first-order valence-corrected chi connectivity index (χ1v) is 13.4. The molecule has 0 unspecified atom stereocenters. The van der Waals surface area contributed by atoms with Crippen LogP contribution in [0.1, 0.15) is 63.0 Å². The van der Waals surface area contributed by atoms with Crippen LogP contribution in [-0.2, 0) is 19.4 Å². The van der Waals surface area contributed by atoms with Crippen molar-refractivity contribution in [2.24, 2.45) is 5.41 Å². The highest BCUT2D eigenvalue weighted by Crippen LogP contribution is 2.49. The van der Waals surface area contributed by atoms with Crippen molar-refractivity contribution in [3.63, 3.8) is 0 Å². The lowest BCUT2D eigenvalue weighted by Gasteiger charge is -2.39. The smallest absolute Gasteiger partial charge is 0.233 e. The zero-order valence-corrected chi connectivity index (χ0v) is 20.8. The molecule has 2 aromatic carbocycles. The normalized spacial score (nSPS) is 23.4. The first-order chi connectivity index (χ1) is 16.2. The van der Waals surface area contributed by atoms with E-state index in [2.05, 4.69) is 17.6 Å². The summed E-state index contributed by atoms with van der Waals surface area (Å²) >= 11 is 0. The third kappa shape index (κ3) is 5.33. The molecular formula is C26H34N2O5S. The Kier molecular flexibility index (Phi) is 8.15. The molecule has 2 amide bonds. The second-order valence-corrected chi connectivity index (χ2v) is 11.0. The molecule has 34 heavy (non-hydrogen) atoms. The van der Waals surface area contributed by atoms with Gasteiger partial charge in [-0.05, 0) is 42.2 Å². The SMILES string of the molecule is CCCC[C@@]1(CC)CS(=O)(=O)c2ccc(NC(=O)CC(=O)NC)cc2[C@H](c2ccccc2)[C@@H]1O. The highest BCUT2D eigenvalue weighted by atomic mass is 32.2. The summed E-state index contributed by atoms with van der Waals surface area (Å²) in [5, 5.41) is 16.9. The molecule has 8 heteroatoms. The largest absolute Gasteiger partial charge is 0.392 e. The predicted octanol–water partition coefficient (Wildman–Crippen LogP) is 3.63. The van der Waals surface area contributed by atoms with E-state index in [-0.39, 0.29) is 17.1 Å². The maximum Gasteiger partial charge on any atom is 0.233 e. The van der Waals surface area contributed by atoms with Crippen molar-refractivity contribution in [1.82, 2.24) is 5.32 Å². The van der Waals surface area contributed by atoms with Gasteiger partial charge in [0.2, 0.25) is 11.8 Å². The molecule has 3 N–H and O–H groups in total. The van der Waals surface area contributed by atoms with Crippen LogP contribution in [0, 0.1) is 5.41 Å². The number of hydrogen-bond donors (Lipinski definition) is 3. The van der Waals surface area contributed by atoms with Gasteiger partial charge in [-0.25, -0.2) is 8.42 Å². The lowest BCUT2D eigenvalue weighted by molar-refractivity contribution is -0.126.